The first-order chi connectivity index (χ1) is 14.7. The SMILES string of the molecule is CCCCCCN(C(=O)CCCC)C(CC(OC(C)=O)c1nc(C(=O)O)cs1)C(C)C. The summed E-state index contributed by atoms with van der Waals surface area (Å²) in [7, 11) is 0. The first-order valence-electron chi connectivity index (χ1n) is 11.4. The van der Waals surface area contributed by atoms with Crippen LogP contribution in [0.5, 0.6) is 0 Å². The fraction of sp³-hybridized carbons (Fsp3) is 0.739. The van der Waals surface area contributed by atoms with Crippen molar-refractivity contribution in [1.82, 2.24) is 9.88 Å². The van der Waals surface area contributed by atoms with E-state index in [0.29, 0.717) is 24.4 Å². The van der Waals surface area contributed by atoms with E-state index in [1.165, 1.54) is 23.6 Å². The van der Waals surface area contributed by atoms with E-state index >= 15 is 0 Å². The van der Waals surface area contributed by atoms with Crippen molar-refractivity contribution < 1.29 is 24.2 Å². The minimum absolute atomic E-state index is 0.0614. The highest BCUT2D eigenvalue weighted by Gasteiger charge is 2.32. The number of esters is 1. The van der Waals surface area contributed by atoms with Crippen LogP contribution >= 0.6 is 11.3 Å². The third-order valence-corrected chi connectivity index (χ3v) is 6.20. The Balaban J connectivity index is 3.13. The van der Waals surface area contributed by atoms with E-state index in [1.54, 1.807) is 0 Å². The predicted molar refractivity (Wildman–Crippen MR) is 122 cm³/mol. The molecule has 8 heteroatoms. The lowest BCUT2D eigenvalue weighted by molar-refractivity contribution is -0.148. The molecule has 1 aromatic heterocycles. The number of hydrogen-bond donors (Lipinski definition) is 1. The van der Waals surface area contributed by atoms with Gasteiger partial charge in [0.25, 0.3) is 0 Å². The number of carboxylic acids is 1. The van der Waals surface area contributed by atoms with Gasteiger partial charge in [-0.2, -0.15) is 0 Å². The molecule has 0 aliphatic rings. The highest BCUT2D eigenvalue weighted by molar-refractivity contribution is 7.09. The van der Waals surface area contributed by atoms with Crippen LogP contribution in [0.25, 0.3) is 0 Å². The zero-order valence-electron chi connectivity index (χ0n) is 19.6. The third kappa shape index (κ3) is 9.37. The van der Waals surface area contributed by atoms with Gasteiger partial charge in [0, 0.05) is 37.7 Å². The summed E-state index contributed by atoms with van der Waals surface area (Å²) in [6.07, 6.45) is 6.29. The molecule has 0 aromatic carbocycles. The fourth-order valence-corrected chi connectivity index (χ4v) is 4.40. The summed E-state index contributed by atoms with van der Waals surface area (Å²) < 4.78 is 5.54. The van der Waals surface area contributed by atoms with Gasteiger partial charge in [-0.25, -0.2) is 9.78 Å². The quantitative estimate of drug-likeness (QED) is 0.279. The van der Waals surface area contributed by atoms with Gasteiger partial charge in [0.05, 0.1) is 0 Å². The van der Waals surface area contributed by atoms with Crippen molar-refractivity contribution >= 4 is 29.2 Å². The zero-order valence-corrected chi connectivity index (χ0v) is 20.4. The Kier molecular flexibility index (Phi) is 12.4. The molecule has 0 saturated carbocycles. The molecule has 0 saturated heterocycles. The molecule has 0 aliphatic heterocycles. The average Bonchev–Trinajstić information content (AvgIpc) is 3.20. The number of carbonyl (C=O) groups excluding carboxylic acids is 2. The summed E-state index contributed by atoms with van der Waals surface area (Å²) in [6, 6.07) is -0.132. The molecule has 1 aromatic rings. The molecule has 2 unspecified atom stereocenters. The molecule has 0 fully saturated rings. The number of rotatable bonds is 15. The van der Waals surface area contributed by atoms with Crippen molar-refractivity contribution in [3.63, 3.8) is 0 Å². The van der Waals surface area contributed by atoms with E-state index in [0.717, 1.165) is 38.5 Å². The van der Waals surface area contributed by atoms with Crippen molar-refractivity contribution in [3.8, 4) is 0 Å². The summed E-state index contributed by atoms with van der Waals surface area (Å²) in [5, 5.41) is 11.1. The molecule has 1 amide bonds. The smallest absolute Gasteiger partial charge is 0.355 e. The number of thiazole rings is 1. The molecule has 7 nitrogen and oxygen atoms in total. The minimum atomic E-state index is -1.11. The monoisotopic (exact) mass is 454 g/mol. The van der Waals surface area contributed by atoms with Gasteiger partial charge in [-0.1, -0.05) is 53.4 Å². The largest absolute Gasteiger partial charge is 0.476 e. The average molecular weight is 455 g/mol. The Hall–Kier alpha value is -1.96. The molecule has 0 aliphatic carbocycles. The predicted octanol–water partition coefficient (Wildman–Crippen LogP) is 5.46. The Bertz CT molecular complexity index is 704. The topological polar surface area (TPSA) is 96.8 Å². The number of aromatic nitrogens is 1. The maximum absolute atomic E-state index is 13.1. The summed E-state index contributed by atoms with van der Waals surface area (Å²) >= 11 is 1.17. The lowest BCUT2D eigenvalue weighted by Gasteiger charge is -2.36. The highest BCUT2D eigenvalue weighted by Crippen LogP contribution is 2.31. The van der Waals surface area contributed by atoms with E-state index in [1.807, 2.05) is 4.90 Å². The van der Waals surface area contributed by atoms with Crippen LogP contribution in [0.2, 0.25) is 0 Å². The van der Waals surface area contributed by atoms with Crippen LogP contribution in [0.4, 0.5) is 0 Å². The van der Waals surface area contributed by atoms with Crippen molar-refractivity contribution in [3.05, 3.63) is 16.1 Å². The Morgan fingerprint density at radius 3 is 2.32 bits per heavy atom. The molecule has 0 bridgehead atoms. The number of amides is 1. The molecule has 1 heterocycles. The van der Waals surface area contributed by atoms with Crippen LogP contribution in [0, 0.1) is 5.92 Å². The molecule has 1 rings (SSSR count). The number of nitrogens with zero attached hydrogens (tertiary/aromatic N) is 2. The van der Waals surface area contributed by atoms with Gasteiger partial charge in [-0.15, -0.1) is 11.3 Å². The lowest BCUT2D eigenvalue weighted by atomic mass is 9.95. The molecule has 0 spiro atoms. The number of carboxylic acid groups (broad SMARTS) is 1. The van der Waals surface area contributed by atoms with Crippen LogP contribution in [0.1, 0.15) is 108 Å². The third-order valence-electron chi connectivity index (χ3n) is 5.27. The van der Waals surface area contributed by atoms with Gasteiger partial charge in [0.15, 0.2) is 11.8 Å². The zero-order chi connectivity index (χ0) is 23.4. The second-order valence-corrected chi connectivity index (χ2v) is 9.16. The maximum atomic E-state index is 13.1. The van der Waals surface area contributed by atoms with E-state index in [-0.39, 0.29) is 23.6 Å². The summed E-state index contributed by atoms with van der Waals surface area (Å²) in [6.45, 7) is 10.4. The fourth-order valence-electron chi connectivity index (χ4n) is 3.57. The molecule has 31 heavy (non-hydrogen) atoms. The van der Waals surface area contributed by atoms with E-state index in [2.05, 4.69) is 32.7 Å². The molecule has 176 valence electrons. The Labute approximate surface area is 190 Å². The Morgan fingerprint density at radius 1 is 1.13 bits per heavy atom. The van der Waals surface area contributed by atoms with Gasteiger partial charge in [0.2, 0.25) is 5.91 Å². The van der Waals surface area contributed by atoms with Crippen molar-refractivity contribution in [2.24, 2.45) is 5.92 Å². The van der Waals surface area contributed by atoms with Crippen LogP contribution < -0.4 is 0 Å². The van der Waals surface area contributed by atoms with Gasteiger partial charge in [-0.05, 0) is 18.8 Å². The number of unbranched alkanes of at least 4 members (excludes halogenated alkanes) is 4. The molecule has 2 atom stereocenters. The van der Waals surface area contributed by atoms with Gasteiger partial charge >= 0.3 is 11.9 Å². The number of aromatic carboxylic acids is 1. The van der Waals surface area contributed by atoms with Crippen LogP contribution in [0.15, 0.2) is 5.38 Å². The summed E-state index contributed by atoms with van der Waals surface area (Å²) in [4.78, 5) is 42.2. The number of ether oxygens (including phenoxy) is 1. The van der Waals surface area contributed by atoms with Crippen molar-refractivity contribution in [1.29, 1.82) is 0 Å². The summed E-state index contributed by atoms with van der Waals surface area (Å²) in [5.74, 6) is -1.29. The number of hydrogen-bond acceptors (Lipinski definition) is 6. The van der Waals surface area contributed by atoms with Crippen LogP contribution in [-0.2, 0) is 14.3 Å². The molecule has 0 radical (unpaired) electrons. The van der Waals surface area contributed by atoms with E-state index in [9.17, 15) is 19.5 Å². The minimum Gasteiger partial charge on any atom is -0.476 e. The van der Waals surface area contributed by atoms with Crippen LogP contribution in [-0.4, -0.2) is 45.4 Å². The van der Waals surface area contributed by atoms with Gasteiger partial charge in [-0.3, -0.25) is 9.59 Å². The van der Waals surface area contributed by atoms with Gasteiger partial charge in [0.1, 0.15) is 5.01 Å². The standard InChI is InChI=1S/C23H38N2O5S/c1-6-8-10-11-13-25(21(27)12-9-7-2)19(16(3)4)14-20(30-17(5)26)22-24-18(15-31-22)23(28)29/h15-16,19-20H,6-14H2,1-5H3,(H,28,29). The molecule has 1 N–H and O–H groups in total. The van der Waals surface area contributed by atoms with Crippen molar-refractivity contribution in [2.45, 2.75) is 98.1 Å². The van der Waals surface area contributed by atoms with Crippen molar-refractivity contribution in [2.75, 3.05) is 6.54 Å². The lowest BCUT2D eigenvalue weighted by Crippen LogP contribution is -2.45. The molecular weight excluding hydrogens is 416 g/mol. The Morgan fingerprint density at radius 2 is 1.81 bits per heavy atom. The highest BCUT2D eigenvalue weighted by atomic mass is 32.1. The second kappa shape index (κ2) is 14.2. The van der Waals surface area contributed by atoms with E-state index in [4.69, 9.17) is 4.74 Å². The molecular formula is C23H38N2O5S. The van der Waals surface area contributed by atoms with Crippen LogP contribution in [0.3, 0.4) is 0 Å². The first kappa shape index (κ1) is 27.1. The summed E-state index contributed by atoms with van der Waals surface area (Å²) in [5.41, 5.74) is -0.0614. The number of carbonyl (C=O) groups is 3. The van der Waals surface area contributed by atoms with E-state index < -0.39 is 18.0 Å². The van der Waals surface area contributed by atoms with Gasteiger partial charge < -0.3 is 14.7 Å². The maximum Gasteiger partial charge on any atom is 0.355 e. The normalized spacial score (nSPS) is 13.1. The first-order valence-corrected chi connectivity index (χ1v) is 12.2. The second-order valence-electron chi connectivity index (χ2n) is 8.27.